The molecule has 2 N–H and O–H groups in total. The third-order valence-electron chi connectivity index (χ3n) is 12.0. The van der Waals surface area contributed by atoms with Crippen molar-refractivity contribution in [2.45, 2.75) is 63.9 Å². The van der Waals surface area contributed by atoms with Crippen LogP contribution in [0.4, 0.5) is 0 Å². The maximum atomic E-state index is 13.3. The highest BCUT2D eigenvalue weighted by Crippen LogP contribution is 2.44. The fraction of sp³-hybridized carbons (Fsp3) is 0.269. The van der Waals surface area contributed by atoms with E-state index in [1.165, 1.54) is 38.6 Å². The van der Waals surface area contributed by atoms with Crippen molar-refractivity contribution in [3.8, 4) is 11.5 Å². The molecule has 62 heavy (non-hydrogen) atoms. The number of methoxy groups -OCH3 is 2. The van der Waals surface area contributed by atoms with Gasteiger partial charge < -0.3 is 28.8 Å². The molecule has 10 nitrogen and oxygen atoms in total. The lowest BCUT2D eigenvalue weighted by molar-refractivity contribution is -0.0991. The van der Waals surface area contributed by atoms with Crippen LogP contribution in [-0.4, -0.2) is 53.8 Å². The topological polar surface area (TPSA) is 121 Å². The summed E-state index contributed by atoms with van der Waals surface area (Å²) in [6, 6.07) is 43.9. The minimum atomic E-state index is -1.25. The van der Waals surface area contributed by atoms with Crippen LogP contribution in [0.5, 0.6) is 11.5 Å². The van der Waals surface area contributed by atoms with Crippen molar-refractivity contribution >= 4 is 32.3 Å². The van der Waals surface area contributed by atoms with E-state index in [1.807, 2.05) is 78.9 Å². The van der Waals surface area contributed by atoms with Crippen molar-refractivity contribution < 1.29 is 28.8 Å². The normalized spacial score (nSPS) is 18.2. The summed E-state index contributed by atoms with van der Waals surface area (Å²) in [6.07, 6.45) is -2.01. The Morgan fingerprint density at radius 1 is 0.710 bits per heavy atom. The van der Waals surface area contributed by atoms with Crippen LogP contribution in [0.3, 0.4) is 0 Å². The first-order chi connectivity index (χ1) is 30.0. The second kappa shape index (κ2) is 16.5. The smallest absolute Gasteiger partial charge is 0.330 e. The molecule has 0 radical (unpaired) electrons. The van der Waals surface area contributed by atoms with Gasteiger partial charge in [-0.1, -0.05) is 124 Å². The Morgan fingerprint density at radius 2 is 1.31 bits per heavy atom. The molecule has 0 spiro atoms. The summed E-state index contributed by atoms with van der Waals surface area (Å²) in [4.78, 5) is 27.9. The van der Waals surface area contributed by atoms with Crippen LogP contribution in [0.2, 0.25) is 0 Å². The van der Waals surface area contributed by atoms with Gasteiger partial charge in [-0.25, -0.2) is 4.79 Å². The molecule has 0 unspecified atom stereocenters. The summed E-state index contributed by atoms with van der Waals surface area (Å²) in [5, 5.41) is 19.1. The minimum absolute atomic E-state index is 0.113. The Balaban J connectivity index is 1.07. The molecule has 1 fully saturated rings. The largest absolute Gasteiger partial charge is 0.497 e. The number of benzene rings is 7. The van der Waals surface area contributed by atoms with Crippen LogP contribution in [0, 0.1) is 5.41 Å². The van der Waals surface area contributed by atoms with Crippen LogP contribution in [0.15, 0.2) is 149 Å². The van der Waals surface area contributed by atoms with Gasteiger partial charge >= 0.3 is 5.69 Å². The molecule has 1 saturated heterocycles. The maximum absolute atomic E-state index is 13.3. The predicted molar refractivity (Wildman–Crippen MR) is 241 cm³/mol. The zero-order valence-corrected chi connectivity index (χ0v) is 35.5. The first kappa shape index (κ1) is 41.1. The van der Waals surface area contributed by atoms with E-state index in [-0.39, 0.29) is 18.6 Å². The monoisotopic (exact) mass is 830 g/mol. The van der Waals surface area contributed by atoms with E-state index in [2.05, 4.69) is 74.3 Å². The van der Waals surface area contributed by atoms with Crippen molar-refractivity contribution in [2.75, 3.05) is 20.8 Å². The number of H-pyrrole nitrogens is 1. The van der Waals surface area contributed by atoms with E-state index in [9.17, 15) is 14.7 Å². The van der Waals surface area contributed by atoms with E-state index in [1.54, 1.807) is 14.2 Å². The lowest BCUT2D eigenvalue weighted by Gasteiger charge is -2.37. The van der Waals surface area contributed by atoms with Gasteiger partial charge in [-0.15, -0.1) is 0 Å². The highest BCUT2D eigenvalue weighted by atomic mass is 16.6. The lowest BCUT2D eigenvalue weighted by atomic mass is 9.80. The van der Waals surface area contributed by atoms with E-state index in [0.717, 1.165) is 44.8 Å². The van der Waals surface area contributed by atoms with E-state index < -0.39 is 41.4 Å². The zero-order chi connectivity index (χ0) is 43.2. The fourth-order valence-corrected chi connectivity index (χ4v) is 9.14. The van der Waals surface area contributed by atoms with Gasteiger partial charge in [0.15, 0.2) is 6.23 Å². The Hall–Kier alpha value is -6.30. The van der Waals surface area contributed by atoms with Gasteiger partial charge in [0.05, 0.1) is 27.4 Å². The summed E-state index contributed by atoms with van der Waals surface area (Å²) in [5.41, 5.74) is 2.41. The summed E-state index contributed by atoms with van der Waals surface area (Å²) in [6.45, 7) is 6.77. The number of rotatable bonds is 13. The summed E-state index contributed by atoms with van der Waals surface area (Å²) >= 11 is 0. The molecule has 1 aliphatic heterocycles. The van der Waals surface area contributed by atoms with Crippen LogP contribution in [0.25, 0.3) is 32.3 Å². The molecular formula is C52H50N2O8. The number of aliphatic hydroxyl groups excluding tert-OH is 1. The number of aromatic amines is 1. The number of aromatic nitrogens is 2. The minimum Gasteiger partial charge on any atom is -0.497 e. The van der Waals surface area contributed by atoms with Crippen molar-refractivity contribution in [3.63, 3.8) is 0 Å². The molecule has 0 bridgehead atoms. The second-order valence-corrected chi connectivity index (χ2v) is 17.3. The third-order valence-corrected chi connectivity index (χ3v) is 12.0. The maximum Gasteiger partial charge on any atom is 0.330 e. The zero-order valence-electron chi connectivity index (χ0n) is 35.5. The molecule has 0 amide bonds. The number of hydrogen-bond acceptors (Lipinski definition) is 8. The summed E-state index contributed by atoms with van der Waals surface area (Å²) in [5.74, 6) is 1.37. The van der Waals surface area contributed by atoms with Crippen LogP contribution in [0.1, 0.15) is 54.8 Å². The molecule has 1 aromatic heterocycles. The molecule has 1 aliphatic rings. The van der Waals surface area contributed by atoms with E-state index in [0.29, 0.717) is 11.5 Å². The fourth-order valence-electron chi connectivity index (χ4n) is 9.14. The Kier molecular flexibility index (Phi) is 10.9. The Labute approximate surface area is 359 Å². The quantitative estimate of drug-likeness (QED) is 0.0874. The number of hydrogen-bond donors (Lipinski definition) is 2. The summed E-state index contributed by atoms with van der Waals surface area (Å²) < 4.78 is 32.7. The van der Waals surface area contributed by atoms with Gasteiger partial charge in [-0.2, -0.15) is 0 Å². The molecule has 10 heteroatoms. The Morgan fingerprint density at radius 3 is 1.92 bits per heavy atom. The average molecular weight is 831 g/mol. The van der Waals surface area contributed by atoms with E-state index in [4.69, 9.17) is 23.7 Å². The standard InChI is InChI=1S/C52H50N2O8/c1-51(2,3)29-32-27-34-13-11-33-12-14-36(42-24-15-35(28-32)45(34)46(33)42)30-60-48-47(56)43(62-49(48)54-26-25-44(55)53-50(54)57)31-61-52(37-9-7-6-8-10-37,38-16-20-40(58-4)21-17-38)39-18-22-41(59-5)23-19-39/h6-28,43,47-49,56H,29-31H2,1-5H3,(H,53,55,57)/t43-,47-,48-,49-/m1/s1. The SMILES string of the molecule is COc1ccc(C(OC[C@H]2O[C@@H](n3ccc(=O)[nH]c3=O)[C@H](OCc3ccc4ccc5cc(CC(C)(C)C)cc6ccc3c4c56)[C@@H]2O)(c2ccccc2)c2ccc(OC)cc2)cc1. The number of ether oxygens (including phenoxy) is 5. The van der Waals surface area contributed by atoms with Gasteiger partial charge in [0.25, 0.3) is 5.56 Å². The number of nitrogens with zero attached hydrogens (tertiary/aromatic N) is 1. The van der Waals surface area contributed by atoms with Gasteiger partial charge in [-0.3, -0.25) is 14.3 Å². The molecule has 2 heterocycles. The third kappa shape index (κ3) is 7.64. The van der Waals surface area contributed by atoms with Gasteiger partial charge in [0, 0.05) is 12.3 Å². The first-order valence-electron chi connectivity index (χ1n) is 20.9. The Bertz CT molecular complexity index is 2890. The van der Waals surface area contributed by atoms with Crippen LogP contribution >= 0.6 is 0 Å². The molecule has 0 aliphatic carbocycles. The van der Waals surface area contributed by atoms with Crippen molar-refractivity contribution in [1.29, 1.82) is 0 Å². The van der Waals surface area contributed by atoms with Crippen LogP contribution in [-0.2, 0) is 32.8 Å². The lowest BCUT2D eigenvalue weighted by Crippen LogP contribution is -2.41. The summed E-state index contributed by atoms with van der Waals surface area (Å²) in [7, 11) is 3.24. The molecule has 0 saturated carbocycles. The number of nitrogens with one attached hydrogen (secondary N) is 1. The highest BCUT2D eigenvalue weighted by Gasteiger charge is 2.48. The molecule has 8 aromatic rings. The molecule has 316 valence electrons. The predicted octanol–water partition coefficient (Wildman–Crippen LogP) is 8.89. The molecule has 4 atom stereocenters. The first-order valence-corrected chi connectivity index (χ1v) is 20.9. The average Bonchev–Trinajstić information content (AvgIpc) is 3.58. The van der Waals surface area contributed by atoms with Crippen molar-refractivity contribution in [1.82, 2.24) is 9.55 Å². The van der Waals surface area contributed by atoms with Gasteiger partial charge in [-0.05, 0) is 96.2 Å². The van der Waals surface area contributed by atoms with E-state index >= 15 is 0 Å². The van der Waals surface area contributed by atoms with Crippen molar-refractivity contribution in [2.24, 2.45) is 5.41 Å². The van der Waals surface area contributed by atoms with Gasteiger partial charge in [0.1, 0.15) is 35.4 Å². The highest BCUT2D eigenvalue weighted by molar-refractivity contribution is 6.23. The second-order valence-electron chi connectivity index (χ2n) is 17.3. The van der Waals surface area contributed by atoms with Gasteiger partial charge in [0.2, 0.25) is 0 Å². The molecular weight excluding hydrogens is 781 g/mol. The number of aliphatic hydroxyl groups is 1. The van der Waals surface area contributed by atoms with Crippen LogP contribution < -0.4 is 20.7 Å². The molecule has 7 aromatic carbocycles. The molecule has 9 rings (SSSR count). The van der Waals surface area contributed by atoms with Crippen molar-refractivity contribution in [3.05, 3.63) is 188 Å².